The van der Waals surface area contributed by atoms with Crippen molar-refractivity contribution in [2.24, 2.45) is 5.73 Å². The molecule has 2 aromatic rings. The third kappa shape index (κ3) is 3.88. The van der Waals surface area contributed by atoms with E-state index >= 15 is 0 Å². The second-order valence-corrected chi connectivity index (χ2v) is 4.40. The second kappa shape index (κ2) is 6.64. The lowest BCUT2D eigenvalue weighted by Crippen LogP contribution is -2.14. The number of nitrogens with zero attached hydrogens (tertiary/aromatic N) is 1. The Morgan fingerprint density at radius 2 is 2.24 bits per heavy atom. The molecule has 0 fully saturated rings. The Hall–Kier alpha value is -2.71. The number of rotatable bonds is 2. The molecule has 5 heteroatoms. The molecule has 0 atom stereocenters. The van der Waals surface area contributed by atoms with Crippen molar-refractivity contribution in [1.29, 1.82) is 0 Å². The van der Waals surface area contributed by atoms with E-state index in [2.05, 4.69) is 22.1 Å². The molecule has 0 saturated carbocycles. The van der Waals surface area contributed by atoms with Gasteiger partial charge in [-0.05, 0) is 36.8 Å². The van der Waals surface area contributed by atoms with Gasteiger partial charge >= 0.3 is 0 Å². The number of carbonyl (C=O) groups is 1. The number of pyridine rings is 1. The molecule has 3 N–H and O–H groups in total. The maximum atomic E-state index is 13.5. The zero-order valence-corrected chi connectivity index (χ0v) is 11.5. The fourth-order valence-corrected chi connectivity index (χ4v) is 1.84. The molecule has 0 radical (unpaired) electrons. The normalized spacial score (nSPS) is 9.67. The Bertz CT molecular complexity index is 732. The van der Waals surface area contributed by atoms with Crippen molar-refractivity contribution in [3.05, 3.63) is 59.2 Å². The van der Waals surface area contributed by atoms with E-state index in [1.54, 1.807) is 12.1 Å². The molecule has 1 aromatic carbocycles. The molecular weight excluding hydrogens is 269 g/mol. The minimum atomic E-state index is -0.661. The molecule has 0 unspecified atom stereocenters. The minimum absolute atomic E-state index is 0.0545. The van der Waals surface area contributed by atoms with E-state index in [1.807, 2.05) is 13.0 Å². The van der Waals surface area contributed by atoms with E-state index in [0.717, 1.165) is 17.3 Å². The maximum Gasteiger partial charge on any atom is 0.258 e. The Morgan fingerprint density at radius 1 is 1.43 bits per heavy atom. The summed E-state index contributed by atoms with van der Waals surface area (Å²) in [5.74, 6) is 4.46. The van der Waals surface area contributed by atoms with Crippen LogP contribution in [0.2, 0.25) is 0 Å². The van der Waals surface area contributed by atoms with Crippen LogP contribution in [0.5, 0.6) is 0 Å². The second-order valence-electron chi connectivity index (χ2n) is 4.40. The van der Waals surface area contributed by atoms with Crippen molar-refractivity contribution < 1.29 is 9.18 Å². The average Bonchev–Trinajstić information content (AvgIpc) is 2.45. The van der Waals surface area contributed by atoms with Gasteiger partial charge in [0.2, 0.25) is 0 Å². The molecule has 0 aliphatic heterocycles. The van der Waals surface area contributed by atoms with Crippen LogP contribution in [0.15, 0.2) is 36.7 Å². The number of carbonyl (C=O) groups excluding carboxylic acids is 1. The summed E-state index contributed by atoms with van der Waals surface area (Å²) >= 11 is 0. The van der Waals surface area contributed by atoms with Gasteiger partial charge in [0.25, 0.3) is 5.91 Å². The summed E-state index contributed by atoms with van der Waals surface area (Å²) in [4.78, 5) is 15.6. The Morgan fingerprint density at radius 3 is 2.95 bits per heavy atom. The Balaban J connectivity index is 2.25. The van der Waals surface area contributed by atoms with Crippen LogP contribution in [0.1, 0.15) is 21.5 Å². The van der Waals surface area contributed by atoms with Crippen LogP contribution >= 0.6 is 0 Å². The topological polar surface area (TPSA) is 68.0 Å². The van der Waals surface area contributed by atoms with Gasteiger partial charge in [0, 0.05) is 17.4 Å². The highest BCUT2D eigenvalue weighted by atomic mass is 19.1. The van der Waals surface area contributed by atoms with Crippen molar-refractivity contribution in [2.45, 2.75) is 6.92 Å². The predicted octanol–water partition coefficient (Wildman–Crippen LogP) is 2.09. The molecule has 4 nitrogen and oxygen atoms in total. The Labute approximate surface area is 122 Å². The molecule has 0 aliphatic carbocycles. The highest BCUT2D eigenvalue weighted by Gasteiger charge is 2.11. The lowest BCUT2D eigenvalue weighted by molar-refractivity contribution is 0.102. The first kappa shape index (κ1) is 14.7. The smallest absolute Gasteiger partial charge is 0.258 e. The molecule has 2 rings (SSSR count). The monoisotopic (exact) mass is 283 g/mol. The summed E-state index contributed by atoms with van der Waals surface area (Å²) in [5, 5.41) is 2.65. The number of amides is 1. The first-order valence-corrected chi connectivity index (χ1v) is 6.31. The van der Waals surface area contributed by atoms with Gasteiger partial charge in [0.1, 0.15) is 0 Å². The fraction of sp³-hybridized carbons (Fsp3) is 0.125. The summed E-state index contributed by atoms with van der Waals surface area (Å²) < 4.78 is 13.5. The molecule has 0 saturated heterocycles. The fourth-order valence-electron chi connectivity index (χ4n) is 1.84. The van der Waals surface area contributed by atoms with Gasteiger partial charge in [-0.25, -0.2) is 4.39 Å². The van der Waals surface area contributed by atoms with Crippen LogP contribution in [-0.4, -0.2) is 17.4 Å². The molecule has 106 valence electrons. The van der Waals surface area contributed by atoms with Crippen molar-refractivity contribution in [3.63, 3.8) is 0 Å². The summed E-state index contributed by atoms with van der Waals surface area (Å²) in [5.41, 5.74) is 7.51. The van der Waals surface area contributed by atoms with Crippen molar-refractivity contribution in [1.82, 2.24) is 4.98 Å². The molecule has 1 amide bonds. The largest absolute Gasteiger partial charge is 0.322 e. The quantitative estimate of drug-likeness (QED) is 0.829. The average molecular weight is 283 g/mol. The SMILES string of the molecule is Cc1cc(C#CCN)cc(NC(=O)c2ccncc2F)c1. The summed E-state index contributed by atoms with van der Waals surface area (Å²) in [6.45, 7) is 2.15. The lowest BCUT2D eigenvalue weighted by Gasteiger charge is -2.07. The van der Waals surface area contributed by atoms with Crippen LogP contribution in [0.3, 0.4) is 0 Å². The first-order chi connectivity index (χ1) is 10.1. The summed E-state index contributed by atoms with van der Waals surface area (Å²) in [6, 6.07) is 6.71. The van der Waals surface area contributed by atoms with Crippen LogP contribution in [0.4, 0.5) is 10.1 Å². The van der Waals surface area contributed by atoms with Crippen LogP contribution in [-0.2, 0) is 0 Å². The molecule has 0 spiro atoms. The first-order valence-electron chi connectivity index (χ1n) is 6.31. The third-order valence-electron chi connectivity index (χ3n) is 2.69. The van der Waals surface area contributed by atoms with E-state index in [9.17, 15) is 9.18 Å². The van der Waals surface area contributed by atoms with Crippen LogP contribution in [0.25, 0.3) is 0 Å². The minimum Gasteiger partial charge on any atom is -0.322 e. The number of benzene rings is 1. The van der Waals surface area contributed by atoms with Gasteiger partial charge < -0.3 is 11.1 Å². The number of nitrogens with one attached hydrogen (secondary N) is 1. The van der Waals surface area contributed by atoms with Crippen molar-refractivity contribution in [2.75, 3.05) is 11.9 Å². The van der Waals surface area contributed by atoms with Crippen LogP contribution < -0.4 is 11.1 Å². The van der Waals surface area contributed by atoms with Crippen molar-refractivity contribution in [3.8, 4) is 11.8 Å². The van der Waals surface area contributed by atoms with Gasteiger partial charge in [-0.1, -0.05) is 11.8 Å². The summed E-state index contributed by atoms with van der Waals surface area (Å²) in [6.07, 6.45) is 2.37. The standard InChI is InChI=1S/C16H14FN3O/c1-11-7-12(3-2-5-18)9-13(8-11)20-16(21)14-4-6-19-10-15(14)17/h4,6-10H,5,18H2,1H3,(H,20,21). The Kier molecular flexibility index (Phi) is 4.64. The number of halogens is 1. The van der Waals surface area contributed by atoms with Gasteiger partial charge in [0.15, 0.2) is 5.82 Å². The lowest BCUT2D eigenvalue weighted by atomic mass is 10.1. The van der Waals surface area contributed by atoms with Gasteiger partial charge in [-0.3, -0.25) is 9.78 Å². The molecule has 1 heterocycles. The summed E-state index contributed by atoms with van der Waals surface area (Å²) in [7, 11) is 0. The van der Waals surface area contributed by atoms with E-state index in [1.165, 1.54) is 12.3 Å². The van der Waals surface area contributed by atoms with Gasteiger partial charge in [-0.2, -0.15) is 0 Å². The van der Waals surface area contributed by atoms with Crippen molar-refractivity contribution >= 4 is 11.6 Å². The maximum absolute atomic E-state index is 13.5. The molecular formula is C16H14FN3O. The van der Waals surface area contributed by atoms with Crippen LogP contribution in [0, 0.1) is 24.6 Å². The zero-order chi connectivity index (χ0) is 15.2. The molecule has 0 aliphatic rings. The number of hydrogen-bond acceptors (Lipinski definition) is 3. The van der Waals surface area contributed by atoms with E-state index < -0.39 is 11.7 Å². The van der Waals surface area contributed by atoms with Gasteiger partial charge in [0.05, 0.1) is 18.3 Å². The molecule has 0 bridgehead atoms. The number of anilines is 1. The number of hydrogen-bond donors (Lipinski definition) is 2. The third-order valence-corrected chi connectivity index (χ3v) is 2.69. The molecule has 21 heavy (non-hydrogen) atoms. The van der Waals surface area contributed by atoms with E-state index in [0.29, 0.717) is 5.69 Å². The zero-order valence-electron chi connectivity index (χ0n) is 11.5. The highest BCUT2D eigenvalue weighted by molar-refractivity contribution is 6.04. The van der Waals surface area contributed by atoms with E-state index in [-0.39, 0.29) is 12.1 Å². The number of aromatic nitrogens is 1. The highest BCUT2D eigenvalue weighted by Crippen LogP contribution is 2.16. The van der Waals surface area contributed by atoms with E-state index in [4.69, 9.17) is 5.73 Å². The number of aryl methyl sites for hydroxylation is 1. The number of nitrogens with two attached hydrogens (primary N) is 1. The predicted molar refractivity (Wildman–Crippen MR) is 79.3 cm³/mol. The molecule has 1 aromatic heterocycles. The van der Waals surface area contributed by atoms with Gasteiger partial charge in [-0.15, -0.1) is 0 Å².